The van der Waals surface area contributed by atoms with Crippen LogP contribution in [0.2, 0.25) is 0 Å². The number of rotatable bonds is 4. The molecule has 0 atom stereocenters. The first-order chi connectivity index (χ1) is 7.69. The molecule has 4 nitrogen and oxygen atoms in total. The van der Waals surface area contributed by atoms with E-state index in [0.29, 0.717) is 18.5 Å². The van der Waals surface area contributed by atoms with Crippen LogP contribution in [0, 0.1) is 0 Å². The minimum atomic E-state index is -0.484. The molecule has 0 aliphatic heterocycles. The third kappa shape index (κ3) is 2.95. The van der Waals surface area contributed by atoms with E-state index in [1.807, 2.05) is 0 Å². The van der Waals surface area contributed by atoms with E-state index in [9.17, 15) is 14.7 Å². The van der Waals surface area contributed by atoms with Crippen LogP contribution in [0.5, 0.6) is 5.75 Å². The maximum atomic E-state index is 11.0. The Morgan fingerprint density at radius 2 is 2.25 bits per heavy atom. The van der Waals surface area contributed by atoms with Gasteiger partial charge in [-0.2, -0.15) is 0 Å². The molecule has 1 rings (SSSR count). The van der Waals surface area contributed by atoms with E-state index in [1.54, 1.807) is 19.1 Å². The molecule has 0 aliphatic carbocycles. The van der Waals surface area contributed by atoms with Crippen molar-refractivity contribution in [1.29, 1.82) is 0 Å². The second kappa shape index (κ2) is 5.70. The van der Waals surface area contributed by atoms with Crippen LogP contribution in [-0.4, -0.2) is 24.0 Å². The monoisotopic (exact) mass is 220 g/mol. The predicted molar refractivity (Wildman–Crippen MR) is 59.2 cm³/mol. The summed E-state index contributed by atoms with van der Waals surface area (Å²) in [5, 5.41) is 9.38. The second-order valence-corrected chi connectivity index (χ2v) is 2.98. The van der Waals surface area contributed by atoms with Gasteiger partial charge in [-0.15, -0.1) is 0 Å². The molecule has 0 radical (unpaired) electrons. The molecule has 1 aromatic rings. The molecule has 0 aliphatic rings. The first-order valence-corrected chi connectivity index (χ1v) is 4.81. The van der Waals surface area contributed by atoms with Gasteiger partial charge >= 0.3 is 5.97 Å². The van der Waals surface area contributed by atoms with Gasteiger partial charge in [0.1, 0.15) is 5.75 Å². The molecule has 0 aromatic heterocycles. The lowest BCUT2D eigenvalue weighted by molar-refractivity contribution is -0.137. The number of carbonyl (C=O) groups excluding carboxylic acids is 2. The Balaban J connectivity index is 2.93. The number of aromatic hydroxyl groups is 1. The molecule has 0 saturated heterocycles. The quantitative estimate of drug-likeness (QED) is 0.477. The summed E-state index contributed by atoms with van der Waals surface area (Å²) in [4.78, 5) is 21.7. The molecule has 0 saturated carbocycles. The van der Waals surface area contributed by atoms with Crippen molar-refractivity contribution < 1.29 is 19.4 Å². The van der Waals surface area contributed by atoms with Gasteiger partial charge in [-0.1, -0.05) is 12.1 Å². The smallest absolute Gasteiger partial charge is 0.330 e. The average molecular weight is 220 g/mol. The molecule has 0 unspecified atom stereocenters. The molecule has 0 heterocycles. The van der Waals surface area contributed by atoms with Crippen molar-refractivity contribution in [3.8, 4) is 5.75 Å². The molecule has 4 heteroatoms. The number of phenolic OH excluding ortho intramolecular Hbond substituents is 1. The second-order valence-electron chi connectivity index (χ2n) is 2.98. The SMILES string of the molecule is CCOC(=O)C=Cc1cccc(O)c1C=O. The minimum Gasteiger partial charge on any atom is -0.507 e. The lowest BCUT2D eigenvalue weighted by atomic mass is 10.1. The highest BCUT2D eigenvalue weighted by Gasteiger charge is 2.04. The Kier molecular flexibility index (Phi) is 4.27. The van der Waals surface area contributed by atoms with Gasteiger partial charge in [0.2, 0.25) is 0 Å². The highest BCUT2D eigenvalue weighted by atomic mass is 16.5. The maximum absolute atomic E-state index is 11.0. The van der Waals surface area contributed by atoms with Gasteiger partial charge in [-0.3, -0.25) is 4.79 Å². The van der Waals surface area contributed by atoms with E-state index in [0.717, 1.165) is 0 Å². The van der Waals surface area contributed by atoms with Gasteiger partial charge in [-0.05, 0) is 24.6 Å². The van der Waals surface area contributed by atoms with Gasteiger partial charge in [0, 0.05) is 6.08 Å². The highest BCUT2D eigenvalue weighted by Crippen LogP contribution is 2.19. The first-order valence-electron chi connectivity index (χ1n) is 4.81. The Hall–Kier alpha value is -2.10. The normalized spacial score (nSPS) is 10.3. The Labute approximate surface area is 93.2 Å². The van der Waals surface area contributed by atoms with Gasteiger partial charge < -0.3 is 9.84 Å². The number of phenols is 1. The number of carbonyl (C=O) groups is 2. The molecular weight excluding hydrogens is 208 g/mol. The Bertz CT molecular complexity index is 421. The van der Waals surface area contributed by atoms with Crippen molar-refractivity contribution >= 4 is 18.3 Å². The number of ether oxygens (including phenoxy) is 1. The van der Waals surface area contributed by atoms with Crippen LogP contribution in [0.1, 0.15) is 22.8 Å². The Morgan fingerprint density at radius 3 is 2.88 bits per heavy atom. The van der Waals surface area contributed by atoms with E-state index in [1.165, 1.54) is 18.2 Å². The van der Waals surface area contributed by atoms with Crippen molar-refractivity contribution in [3.05, 3.63) is 35.4 Å². The minimum absolute atomic E-state index is 0.110. The highest BCUT2D eigenvalue weighted by molar-refractivity contribution is 5.91. The van der Waals surface area contributed by atoms with Crippen LogP contribution in [0.3, 0.4) is 0 Å². The summed E-state index contributed by atoms with van der Waals surface area (Å²) in [5.41, 5.74) is 0.631. The fraction of sp³-hybridized carbons (Fsp3) is 0.167. The summed E-state index contributed by atoms with van der Waals surface area (Å²) in [6.07, 6.45) is 3.19. The molecule has 0 spiro atoms. The zero-order chi connectivity index (χ0) is 12.0. The largest absolute Gasteiger partial charge is 0.507 e. The van der Waals surface area contributed by atoms with E-state index < -0.39 is 5.97 Å². The van der Waals surface area contributed by atoms with Crippen LogP contribution in [0.4, 0.5) is 0 Å². The number of hydrogen-bond acceptors (Lipinski definition) is 4. The maximum Gasteiger partial charge on any atom is 0.330 e. The Morgan fingerprint density at radius 1 is 1.50 bits per heavy atom. The van der Waals surface area contributed by atoms with Crippen molar-refractivity contribution in [2.75, 3.05) is 6.61 Å². The predicted octanol–water partition coefficient (Wildman–Crippen LogP) is 1.78. The van der Waals surface area contributed by atoms with E-state index >= 15 is 0 Å². The molecule has 0 fully saturated rings. The summed E-state index contributed by atoms with van der Waals surface area (Å²) in [6, 6.07) is 4.62. The summed E-state index contributed by atoms with van der Waals surface area (Å²) in [7, 11) is 0. The van der Waals surface area contributed by atoms with Crippen LogP contribution in [-0.2, 0) is 9.53 Å². The average Bonchev–Trinajstić information content (AvgIpc) is 2.27. The van der Waals surface area contributed by atoms with E-state index in [4.69, 9.17) is 4.74 Å². The molecule has 1 N–H and O–H groups in total. The lowest BCUT2D eigenvalue weighted by Crippen LogP contribution is -1.99. The van der Waals surface area contributed by atoms with Crippen molar-refractivity contribution in [2.45, 2.75) is 6.92 Å². The lowest BCUT2D eigenvalue weighted by Gasteiger charge is -2.01. The summed E-state index contributed by atoms with van der Waals surface area (Å²) >= 11 is 0. The van der Waals surface area contributed by atoms with Crippen LogP contribution < -0.4 is 0 Å². The molecule has 16 heavy (non-hydrogen) atoms. The number of benzene rings is 1. The molecule has 0 bridgehead atoms. The van der Waals surface area contributed by atoms with Crippen molar-refractivity contribution in [1.82, 2.24) is 0 Å². The van der Waals surface area contributed by atoms with Gasteiger partial charge in [-0.25, -0.2) is 4.79 Å². The fourth-order valence-corrected chi connectivity index (χ4v) is 1.19. The third-order valence-electron chi connectivity index (χ3n) is 1.92. The van der Waals surface area contributed by atoms with Crippen LogP contribution in [0.25, 0.3) is 6.08 Å². The standard InChI is InChI=1S/C12H12O4/c1-2-16-12(15)7-6-9-4-3-5-11(14)10(9)8-13/h3-8,14H,2H2,1H3. The van der Waals surface area contributed by atoms with E-state index in [-0.39, 0.29) is 11.3 Å². The van der Waals surface area contributed by atoms with Crippen molar-refractivity contribution in [2.24, 2.45) is 0 Å². The number of esters is 1. The fourth-order valence-electron chi connectivity index (χ4n) is 1.19. The van der Waals surface area contributed by atoms with E-state index in [2.05, 4.69) is 0 Å². The summed E-state index contributed by atoms with van der Waals surface area (Å²) < 4.78 is 4.69. The zero-order valence-corrected chi connectivity index (χ0v) is 8.84. The topological polar surface area (TPSA) is 63.6 Å². The number of hydrogen-bond donors (Lipinski definition) is 1. The molecule has 84 valence electrons. The van der Waals surface area contributed by atoms with Crippen LogP contribution in [0.15, 0.2) is 24.3 Å². The molecule has 0 amide bonds. The zero-order valence-electron chi connectivity index (χ0n) is 8.84. The van der Waals surface area contributed by atoms with Gasteiger partial charge in [0.05, 0.1) is 12.2 Å². The first kappa shape index (κ1) is 12.0. The third-order valence-corrected chi connectivity index (χ3v) is 1.92. The van der Waals surface area contributed by atoms with Crippen LogP contribution >= 0.6 is 0 Å². The van der Waals surface area contributed by atoms with Gasteiger partial charge in [0.15, 0.2) is 6.29 Å². The summed E-state index contributed by atoms with van der Waals surface area (Å²) in [6.45, 7) is 2.00. The van der Waals surface area contributed by atoms with Gasteiger partial charge in [0.25, 0.3) is 0 Å². The molecular formula is C12H12O4. The van der Waals surface area contributed by atoms with Crippen molar-refractivity contribution in [3.63, 3.8) is 0 Å². The number of aldehydes is 1. The summed E-state index contributed by atoms with van der Waals surface area (Å²) in [5.74, 6) is -0.594. The molecule has 1 aromatic carbocycles.